The normalized spacial score (nSPS) is 10.8. The average Bonchev–Trinajstić information content (AvgIpc) is 3.50. The SMILES string of the molecule is Cc1nn(C)c2nc(-c3ccccc3)cc(C(=O)NNC(=O)c3ccc(COc4ccccc4)o3)c12. The third kappa shape index (κ3) is 4.67. The van der Waals surface area contributed by atoms with Gasteiger partial charge in [-0.1, -0.05) is 48.5 Å². The van der Waals surface area contributed by atoms with Crippen molar-refractivity contribution in [1.82, 2.24) is 25.6 Å². The van der Waals surface area contributed by atoms with Gasteiger partial charge in [-0.3, -0.25) is 25.1 Å². The Morgan fingerprint density at radius 3 is 2.39 bits per heavy atom. The molecule has 2 aromatic carbocycles. The van der Waals surface area contributed by atoms with E-state index in [1.54, 1.807) is 23.9 Å². The first-order chi connectivity index (χ1) is 17.5. The molecular formula is C27H23N5O4. The number of para-hydroxylation sites is 1. The molecule has 0 saturated heterocycles. The summed E-state index contributed by atoms with van der Waals surface area (Å²) < 4.78 is 12.8. The number of rotatable bonds is 6. The fourth-order valence-electron chi connectivity index (χ4n) is 3.87. The molecule has 0 atom stereocenters. The van der Waals surface area contributed by atoms with Crippen molar-refractivity contribution in [2.75, 3.05) is 0 Å². The zero-order valence-corrected chi connectivity index (χ0v) is 19.7. The Balaban J connectivity index is 1.31. The molecule has 0 aliphatic carbocycles. The summed E-state index contributed by atoms with van der Waals surface area (Å²) in [6, 6.07) is 23.7. The molecule has 5 aromatic rings. The molecule has 0 radical (unpaired) electrons. The van der Waals surface area contributed by atoms with Crippen molar-refractivity contribution < 1.29 is 18.7 Å². The highest BCUT2D eigenvalue weighted by Gasteiger charge is 2.20. The van der Waals surface area contributed by atoms with E-state index in [1.807, 2.05) is 67.6 Å². The molecule has 0 saturated carbocycles. The quantitative estimate of drug-likeness (QED) is 0.352. The second-order valence-electron chi connectivity index (χ2n) is 8.10. The van der Waals surface area contributed by atoms with Crippen LogP contribution < -0.4 is 15.6 Å². The molecule has 3 aromatic heterocycles. The molecule has 0 aliphatic heterocycles. The average molecular weight is 482 g/mol. The number of carbonyl (C=O) groups is 2. The first-order valence-corrected chi connectivity index (χ1v) is 11.3. The standard InChI is InChI=1S/C27H23N5O4/c1-17-24-21(15-22(18-9-5-3-6-10-18)28-25(24)32(2)31-17)26(33)29-30-27(34)23-14-13-20(36-23)16-35-19-11-7-4-8-12-19/h3-15H,16H2,1-2H3,(H,29,33)(H,30,34). The zero-order chi connectivity index (χ0) is 25.1. The minimum absolute atomic E-state index is 0.0457. The van der Waals surface area contributed by atoms with Crippen molar-refractivity contribution in [2.24, 2.45) is 7.05 Å². The highest BCUT2D eigenvalue weighted by Crippen LogP contribution is 2.26. The van der Waals surface area contributed by atoms with Crippen LogP contribution in [-0.2, 0) is 13.7 Å². The van der Waals surface area contributed by atoms with Crippen LogP contribution in [0.1, 0.15) is 32.4 Å². The van der Waals surface area contributed by atoms with Crippen LogP contribution >= 0.6 is 0 Å². The minimum atomic E-state index is -0.592. The molecule has 0 spiro atoms. The van der Waals surface area contributed by atoms with Crippen LogP contribution in [0.2, 0.25) is 0 Å². The van der Waals surface area contributed by atoms with E-state index in [-0.39, 0.29) is 12.4 Å². The largest absolute Gasteiger partial charge is 0.486 e. The Kier molecular flexibility index (Phi) is 6.19. The Bertz CT molecular complexity index is 1540. The lowest BCUT2D eigenvalue weighted by molar-refractivity contribution is 0.0829. The summed E-state index contributed by atoms with van der Waals surface area (Å²) in [6.45, 7) is 1.98. The Hall–Kier alpha value is -4.92. The lowest BCUT2D eigenvalue weighted by Crippen LogP contribution is -2.41. The van der Waals surface area contributed by atoms with Gasteiger partial charge in [0.25, 0.3) is 5.91 Å². The summed E-state index contributed by atoms with van der Waals surface area (Å²) in [5.41, 5.74) is 7.95. The van der Waals surface area contributed by atoms with E-state index in [2.05, 4.69) is 16.0 Å². The van der Waals surface area contributed by atoms with Gasteiger partial charge in [-0.25, -0.2) is 4.98 Å². The number of fused-ring (bicyclic) bond motifs is 1. The number of amides is 2. The van der Waals surface area contributed by atoms with Gasteiger partial charge in [0, 0.05) is 12.6 Å². The van der Waals surface area contributed by atoms with Gasteiger partial charge >= 0.3 is 5.91 Å². The monoisotopic (exact) mass is 481 g/mol. The van der Waals surface area contributed by atoms with Crippen LogP contribution in [0.3, 0.4) is 0 Å². The van der Waals surface area contributed by atoms with Crippen LogP contribution in [0.25, 0.3) is 22.3 Å². The van der Waals surface area contributed by atoms with E-state index in [1.165, 1.54) is 6.07 Å². The summed E-state index contributed by atoms with van der Waals surface area (Å²) in [5.74, 6) is 0.124. The van der Waals surface area contributed by atoms with Crippen LogP contribution in [0.4, 0.5) is 0 Å². The van der Waals surface area contributed by atoms with Gasteiger partial charge in [0.2, 0.25) is 0 Å². The van der Waals surface area contributed by atoms with Crippen LogP contribution in [0.5, 0.6) is 5.75 Å². The fraction of sp³-hybridized carbons (Fsp3) is 0.111. The van der Waals surface area contributed by atoms with Crippen molar-refractivity contribution in [3.63, 3.8) is 0 Å². The number of aryl methyl sites for hydroxylation is 2. The van der Waals surface area contributed by atoms with E-state index in [9.17, 15) is 9.59 Å². The zero-order valence-electron chi connectivity index (χ0n) is 19.7. The number of carbonyl (C=O) groups excluding carboxylic acids is 2. The van der Waals surface area contributed by atoms with Crippen molar-refractivity contribution >= 4 is 22.8 Å². The number of ether oxygens (including phenoxy) is 1. The molecule has 0 unspecified atom stereocenters. The molecule has 0 fully saturated rings. The van der Waals surface area contributed by atoms with Gasteiger partial charge in [-0.15, -0.1) is 0 Å². The maximum atomic E-state index is 13.2. The second kappa shape index (κ2) is 9.75. The van der Waals surface area contributed by atoms with Gasteiger partial charge in [0.05, 0.1) is 22.3 Å². The molecule has 180 valence electrons. The first kappa shape index (κ1) is 22.9. The van der Waals surface area contributed by atoms with Gasteiger partial charge in [-0.05, 0) is 37.3 Å². The highest BCUT2D eigenvalue weighted by atomic mass is 16.5. The predicted octanol–water partition coefficient (Wildman–Crippen LogP) is 4.19. The maximum absolute atomic E-state index is 13.2. The molecule has 0 aliphatic rings. The maximum Gasteiger partial charge on any atom is 0.305 e. The lowest BCUT2D eigenvalue weighted by atomic mass is 10.1. The molecule has 36 heavy (non-hydrogen) atoms. The van der Waals surface area contributed by atoms with Crippen molar-refractivity contribution in [3.8, 4) is 17.0 Å². The number of hydrogen-bond acceptors (Lipinski definition) is 6. The number of pyridine rings is 1. The van der Waals surface area contributed by atoms with Crippen LogP contribution in [0.15, 0.2) is 83.3 Å². The highest BCUT2D eigenvalue weighted by molar-refractivity contribution is 6.08. The summed E-state index contributed by atoms with van der Waals surface area (Å²) in [6.07, 6.45) is 0. The molecule has 2 N–H and O–H groups in total. The third-order valence-electron chi connectivity index (χ3n) is 5.58. The Labute approximate surface area is 206 Å². The van der Waals surface area contributed by atoms with Crippen molar-refractivity contribution in [2.45, 2.75) is 13.5 Å². The van der Waals surface area contributed by atoms with E-state index in [0.717, 1.165) is 5.56 Å². The molecule has 9 heteroatoms. The van der Waals surface area contributed by atoms with E-state index < -0.39 is 11.8 Å². The molecular weight excluding hydrogens is 458 g/mol. The smallest absolute Gasteiger partial charge is 0.305 e. The third-order valence-corrected chi connectivity index (χ3v) is 5.58. The Morgan fingerprint density at radius 1 is 0.944 bits per heavy atom. The van der Waals surface area contributed by atoms with Crippen molar-refractivity contribution in [3.05, 3.63) is 102 Å². The summed E-state index contributed by atoms with van der Waals surface area (Å²) in [5, 5.41) is 5.03. The van der Waals surface area contributed by atoms with E-state index in [0.29, 0.717) is 39.5 Å². The fourth-order valence-corrected chi connectivity index (χ4v) is 3.87. The number of hydrazine groups is 1. The van der Waals surface area contributed by atoms with E-state index in [4.69, 9.17) is 14.1 Å². The number of nitrogens with zero attached hydrogens (tertiary/aromatic N) is 3. The molecule has 0 bridgehead atoms. The summed E-state index contributed by atoms with van der Waals surface area (Å²) in [7, 11) is 1.77. The molecule has 2 amide bonds. The van der Waals surface area contributed by atoms with Gasteiger partial charge in [-0.2, -0.15) is 5.10 Å². The van der Waals surface area contributed by atoms with Crippen LogP contribution in [-0.4, -0.2) is 26.6 Å². The van der Waals surface area contributed by atoms with Gasteiger partial charge in [0.15, 0.2) is 11.4 Å². The molecule has 5 rings (SSSR count). The van der Waals surface area contributed by atoms with Crippen LogP contribution in [0, 0.1) is 6.92 Å². The van der Waals surface area contributed by atoms with Gasteiger partial charge in [0.1, 0.15) is 18.1 Å². The molecule has 9 nitrogen and oxygen atoms in total. The van der Waals surface area contributed by atoms with Gasteiger partial charge < -0.3 is 9.15 Å². The van der Waals surface area contributed by atoms with Crippen molar-refractivity contribution in [1.29, 1.82) is 0 Å². The lowest BCUT2D eigenvalue weighted by Gasteiger charge is -2.10. The summed E-state index contributed by atoms with van der Waals surface area (Å²) >= 11 is 0. The van der Waals surface area contributed by atoms with E-state index >= 15 is 0 Å². The molecule has 3 heterocycles. The Morgan fingerprint density at radius 2 is 1.64 bits per heavy atom. The first-order valence-electron chi connectivity index (χ1n) is 11.3. The number of benzene rings is 2. The number of furan rings is 1. The number of nitrogens with one attached hydrogen (secondary N) is 2. The predicted molar refractivity (Wildman–Crippen MR) is 133 cm³/mol. The number of aromatic nitrogens is 3. The second-order valence-corrected chi connectivity index (χ2v) is 8.10. The summed E-state index contributed by atoms with van der Waals surface area (Å²) in [4.78, 5) is 30.5. The number of hydrogen-bond donors (Lipinski definition) is 2. The topological polar surface area (TPSA) is 111 Å². The minimum Gasteiger partial charge on any atom is -0.486 e.